The molecular formula is C15H25Cl2N3OS. The Morgan fingerprint density at radius 3 is 2.64 bits per heavy atom. The molecule has 1 aliphatic heterocycles. The fraction of sp³-hybridized carbons (Fsp3) is 0.733. The lowest BCUT2D eigenvalue weighted by Crippen LogP contribution is -2.34. The zero-order valence-corrected chi connectivity index (χ0v) is 15.4. The van der Waals surface area contributed by atoms with Gasteiger partial charge in [-0.2, -0.15) is 0 Å². The van der Waals surface area contributed by atoms with Crippen molar-refractivity contribution in [2.24, 2.45) is 0 Å². The number of carbonyl (C=O) groups is 1. The lowest BCUT2D eigenvalue weighted by Gasteiger charge is -2.19. The number of amides is 1. The van der Waals surface area contributed by atoms with E-state index in [9.17, 15) is 4.79 Å². The van der Waals surface area contributed by atoms with Gasteiger partial charge in [0, 0.05) is 25.6 Å². The highest BCUT2D eigenvalue weighted by Crippen LogP contribution is 2.37. The molecule has 3 rings (SSSR count). The maximum atomic E-state index is 12.7. The van der Waals surface area contributed by atoms with E-state index < -0.39 is 0 Å². The van der Waals surface area contributed by atoms with Crippen LogP contribution in [0.3, 0.4) is 0 Å². The molecular weight excluding hydrogens is 341 g/mol. The highest BCUT2D eigenvalue weighted by atomic mass is 35.5. The summed E-state index contributed by atoms with van der Waals surface area (Å²) in [5.41, 5.74) is 0.930. The molecule has 0 radical (unpaired) electrons. The van der Waals surface area contributed by atoms with E-state index in [-0.39, 0.29) is 30.7 Å². The Labute approximate surface area is 148 Å². The number of hydrogen-bond donors (Lipinski definition) is 1. The molecule has 1 amide bonds. The van der Waals surface area contributed by atoms with Gasteiger partial charge in [-0.25, -0.2) is 4.98 Å². The molecule has 2 fully saturated rings. The van der Waals surface area contributed by atoms with Crippen LogP contribution in [0.5, 0.6) is 0 Å². The molecule has 1 aliphatic carbocycles. The van der Waals surface area contributed by atoms with E-state index in [1.807, 2.05) is 11.8 Å². The van der Waals surface area contributed by atoms with Crippen LogP contribution in [-0.4, -0.2) is 42.0 Å². The summed E-state index contributed by atoms with van der Waals surface area (Å²) in [6, 6.07) is 0. The minimum absolute atomic E-state index is 0. The van der Waals surface area contributed by atoms with Gasteiger partial charge in [0.2, 0.25) is 0 Å². The Morgan fingerprint density at radius 2 is 1.91 bits per heavy atom. The molecule has 0 bridgehead atoms. The molecule has 2 aliphatic rings. The largest absolute Gasteiger partial charge is 0.337 e. The van der Waals surface area contributed by atoms with Crippen molar-refractivity contribution in [1.29, 1.82) is 0 Å². The van der Waals surface area contributed by atoms with Crippen molar-refractivity contribution in [2.75, 3.05) is 26.2 Å². The van der Waals surface area contributed by atoms with Crippen LogP contribution in [-0.2, 0) is 0 Å². The van der Waals surface area contributed by atoms with Crippen molar-refractivity contribution in [3.63, 3.8) is 0 Å². The average Bonchev–Trinajstić information content (AvgIpc) is 3.01. The number of nitrogens with zero attached hydrogens (tertiary/aromatic N) is 2. The standard InChI is InChI=1S/C15H23N3OS.2ClH/c1-11-13(15(19)18-9-4-7-16-8-10-18)20-14(17-11)12-5-2-3-6-12;;/h12,16H,2-10H2,1H3;2*1H. The van der Waals surface area contributed by atoms with Crippen molar-refractivity contribution in [3.8, 4) is 0 Å². The van der Waals surface area contributed by atoms with E-state index in [0.29, 0.717) is 5.92 Å². The normalized spacial score (nSPS) is 19.2. The summed E-state index contributed by atoms with van der Waals surface area (Å²) in [6.45, 7) is 5.58. The summed E-state index contributed by atoms with van der Waals surface area (Å²) >= 11 is 1.64. The molecule has 126 valence electrons. The molecule has 1 saturated carbocycles. The van der Waals surface area contributed by atoms with Crippen LogP contribution in [0.25, 0.3) is 0 Å². The van der Waals surface area contributed by atoms with Crippen LogP contribution < -0.4 is 5.32 Å². The molecule has 0 aromatic carbocycles. The highest BCUT2D eigenvalue weighted by Gasteiger charge is 2.26. The third-order valence-electron chi connectivity index (χ3n) is 4.34. The van der Waals surface area contributed by atoms with E-state index in [1.165, 1.54) is 30.7 Å². The van der Waals surface area contributed by atoms with Gasteiger partial charge in [0.05, 0.1) is 10.7 Å². The van der Waals surface area contributed by atoms with E-state index in [2.05, 4.69) is 10.3 Å². The number of thiazole rings is 1. The summed E-state index contributed by atoms with van der Waals surface area (Å²) < 4.78 is 0. The zero-order chi connectivity index (χ0) is 13.9. The molecule has 0 atom stereocenters. The monoisotopic (exact) mass is 365 g/mol. The molecule has 1 aromatic rings. The quantitative estimate of drug-likeness (QED) is 0.873. The Balaban J connectivity index is 0.00000121. The Bertz CT molecular complexity index is 481. The Kier molecular flexibility index (Phi) is 8.11. The van der Waals surface area contributed by atoms with E-state index in [0.717, 1.165) is 43.2 Å². The molecule has 1 N–H and O–H groups in total. The second-order valence-electron chi connectivity index (χ2n) is 5.84. The first-order chi connectivity index (χ1) is 9.75. The van der Waals surface area contributed by atoms with Gasteiger partial charge in [-0.3, -0.25) is 4.79 Å². The topological polar surface area (TPSA) is 45.2 Å². The van der Waals surface area contributed by atoms with Crippen LogP contribution in [0.15, 0.2) is 0 Å². The van der Waals surface area contributed by atoms with Gasteiger partial charge >= 0.3 is 0 Å². The minimum atomic E-state index is 0. The number of aryl methyl sites for hydroxylation is 1. The van der Waals surface area contributed by atoms with Crippen molar-refractivity contribution >= 4 is 42.1 Å². The molecule has 1 aromatic heterocycles. The van der Waals surface area contributed by atoms with Gasteiger partial charge in [-0.1, -0.05) is 12.8 Å². The van der Waals surface area contributed by atoms with Crippen molar-refractivity contribution < 1.29 is 4.79 Å². The number of hydrogen-bond acceptors (Lipinski definition) is 4. The van der Waals surface area contributed by atoms with Crippen LogP contribution in [0.4, 0.5) is 0 Å². The third-order valence-corrected chi connectivity index (χ3v) is 5.65. The van der Waals surface area contributed by atoms with Crippen molar-refractivity contribution in [1.82, 2.24) is 15.2 Å². The fourth-order valence-corrected chi connectivity index (χ4v) is 4.36. The first kappa shape index (κ1) is 19.7. The van der Waals surface area contributed by atoms with Gasteiger partial charge in [0.1, 0.15) is 4.88 Å². The van der Waals surface area contributed by atoms with Gasteiger partial charge in [-0.15, -0.1) is 36.2 Å². The second-order valence-corrected chi connectivity index (χ2v) is 6.87. The summed E-state index contributed by atoms with van der Waals surface area (Å²) in [4.78, 5) is 20.2. The summed E-state index contributed by atoms with van der Waals surface area (Å²) in [7, 11) is 0. The number of nitrogens with one attached hydrogen (secondary N) is 1. The van der Waals surface area contributed by atoms with E-state index >= 15 is 0 Å². The summed E-state index contributed by atoms with van der Waals surface area (Å²) in [5, 5.41) is 4.53. The summed E-state index contributed by atoms with van der Waals surface area (Å²) in [5.74, 6) is 0.791. The first-order valence-electron chi connectivity index (χ1n) is 7.73. The van der Waals surface area contributed by atoms with Crippen molar-refractivity contribution in [3.05, 3.63) is 15.6 Å². The minimum Gasteiger partial charge on any atom is -0.337 e. The van der Waals surface area contributed by atoms with Crippen LogP contribution >= 0.6 is 36.2 Å². The molecule has 0 unspecified atom stereocenters. The SMILES string of the molecule is Cc1nc(C2CCCC2)sc1C(=O)N1CCCNCC1.Cl.Cl. The molecule has 7 heteroatoms. The van der Waals surface area contributed by atoms with Crippen molar-refractivity contribution in [2.45, 2.75) is 44.9 Å². The maximum Gasteiger partial charge on any atom is 0.265 e. The zero-order valence-electron chi connectivity index (χ0n) is 13.0. The van der Waals surface area contributed by atoms with E-state index in [4.69, 9.17) is 0 Å². The predicted octanol–water partition coefficient (Wildman–Crippen LogP) is 3.39. The third kappa shape index (κ3) is 4.34. The maximum absolute atomic E-state index is 12.7. The Morgan fingerprint density at radius 1 is 1.18 bits per heavy atom. The molecule has 22 heavy (non-hydrogen) atoms. The van der Waals surface area contributed by atoms with Crippen LogP contribution in [0.1, 0.15) is 58.4 Å². The van der Waals surface area contributed by atoms with Crippen LogP contribution in [0.2, 0.25) is 0 Å². The molecule has 4 nitrogen and oxygen atoms in total. The number of aromatic nitrogens is 1. The van der Waals surface area contributed by atoms with Gasteiger partial charge in [-0.05, 0) is 32.7 Å². The highest BCUT2D eigenvalue weighted by molar-refractivity contribution is 7.13. The number of rotatable bonds is 2. The second kappa shape index (κ2) is 9.06. The lowest BCUT2D eigenvalue weighted by molar-refractivity contribution is 0.0770. The molecule has 1 saturated heterocycles. The predicted molar refractivity (Wildman–Crippen MR) is 95.9 cm³/mol. The smallest absolute Gasteiger partial charge is 0.265 e. The van der Waals surface area contributed by atoms with E-state index in [1.54, 1.807) is 11.3 Å². The fourth-order valence-electron chi connectivity index (χ4n) is 3.16. The first-order valence-corrected chi connectivity index (χ1v) is 8.54. The average molecular weight is 366 g/mol. The van der Waals surface area contributed by atoms with Gasteiger partial charge in [0.25, 0.3) is 5.91 Å². The van der Waals surface area contributed by atoms with Gasteiger partial charge < -0.3 is 10.2 Å². The van der Waals surface area contributed by atoms with Gasteiger partial charge in [0.15, 0.2) is 0 Å². The summed E-state index contributed by atoms with van der Waals surface area (Å²) in [6.07, 6.45) is 6.15. The van der Waals surface area contributed by atoms with Crippen LogP contribution in [0, 0.1) is 6.92 Å². The lowest BCUT2D eigenvalue weighted by atomic mass is 10.1. The molecule has 2 heterocycles. The molecule has 0 spiro atoms. The Hall–Kier alpha value is -0.360. The number of halogens is 2. The number of carbonyl (C=O) groups excluding carboxylic acids is 1.